The van der Waals surface area contributed by atoms with E-state index in [0.29, 0.717) is 5.92 Å². The topological polar surface area (TPSA) is 9.23 Å². The number of hydrogen-bond donors (Lipinski definition) is 0. The van der Waals surface area contributed by atoms with Gasteiger partial charge in [0.1, 0.15) is 0 Å². The largest absolute Gasteiger partial charge is 0.381 e. The summed E-state index contributed by atoms with van der Waals surface area (Å²) in [7, 11) is 0. The molecule has 0 aromatic heterocycles. The second-order valence-corrected chi connectivity index (χ2v) is 3.50. The quantitative estimate of drug-likeness (QED) is 0.539. The van der Waals surface area contributed by atoms with E-state index >= 15 is 0 Å². The summed E-state index contributed by atoms with van der Waals surface area (Å²) in [6, 6.07) is 0. The Morgan fingerprint density at radius 1 is 1.27 bits per heavy atom. The van der Waals surface area contributed by atoms with E-state index in [9.17, 15) is 0 Å². The number of rotatable bonds is 6. The molecule has 0 aromatic carbocycles. The van der Waals surface area contributed by atoms with Crippen LogP contribution in [-0.2, 0) is 4.74 Å². The smallest absolute Gasteiger partial charge is 0.0494 e. The van der Waals surface area contributed by atoms with Crippen LogP contribution in [0.15, 0.2) is 0 Å². The van der Waals surface area contributed by atoms with Gasteiger partial charge in [0.2, 0.25) is 0 Å². The lowest BCUT2D eigenvalue weighted by Crippen LogP contribution is -2.12. The Kier molecular flexibility index (Phi) is 6.63. The summed E-state index contributed by atoms with van der Waals surface area (Å²) < 4.78 is 5.46. The SMILES string of the molecule is [CH2]CCCOCC(C)C(C)C. The Bertz CT molecular complexity index is 78.9. The predicted molar refractivity (Wildman–Crippen MR) is 49.4 cm³/mol. The zero-order chi connectivity index (χ0) is 8.69. The summed E-state index contributed by atoms with van der Waals surface area (Å²) in [6.45, 7) is 12.2. The van der Waals surface area contributed by atoms with Crippen LogP contribution in [0.2, 0.25) is 0 Å². The van der Waals surface area contributed by atoms with Gasteiger partial charge >= 0.3 is 0 Å². The standard InChI is InChI=1S/C10H21O/c1-5-6-7-11-8-10(4)9(2)3/h9-10H,1,5-8H2,2-4H3. The van der Waals surface area contributed by atoms with Crippen molar-refractivity contribution < 1.29 is 4.74 Å². The van der Waals surface area contributed by atoms with E-state index < -0.39 is 0 Å². The molecule has 0 aliphatic carbocycles. The summed E-state index contributed by atoms with van der Waals surface area (Å²) in [5, 5.41) is 0. The van der Waals surface area contributed by atoms with Crippen LogP contribution in [0.4, 0.5) is 0 Å². The minimum Gasteiger partial charge on any atom is -0.381 e. The Hall–Kier alpha value is -0.0400. The Labute approximate surface area is 71.1 Å². The lowest BCUT2D eigenvalue weighted by Gasteiger charge is -2.14. The van der Waals surface area contributed by atoms with Crippen molar-refractivity contribution in [1.82, 2.24) is 0 Å². The van der Waals surface area contributed by atoms with Crippen molar-refractivity contribution in [3.8, 4) is 0 Å². The van der Waals surface area contributed by atoms with Gasteiger partial charge in [-0.3, -0.25) is 0 Å². The van der Waals surface area contributed by atoms with Crippen molar-refractivity contribution in [2.24, 2.45) is 11.8 Å². The molecule has 0 aromatic rings. The van der Waals surface area contributed by atoms with E-state index in [1.807, 2.05) is 0 Å². The molecule has 11 heavy (non-hydrogen) atoms. The maximum absolute atomic E-state index is 5.46. The molecular weight excluding hydrogens is 136 g/mol. The maximum atomic E-state index is 5.46. The van der Waals surface area contributed by atoms with Gasteiger partial charge in [-0.05, 0) is 18.3 Å². The van der Waals surface area contributed by atoms with E-state index in [2.05, 4.69) is 27.7 Å². The van der Waals surface area contributed by atoms with Gasteiger partial charge in [-0.2, -0.15) is 0 Å². The fraction of sp³-hybridized carbons (Fsp3) is 0.900. The van der Waals surface area contributed by atoms with Gasteiger partial charge in [0.15, 0.2) is 0 Å². The van der Waals surface area contributed by atoms with Crippen LogP contribution in [0.3, 0.4) is 0 Å². The number of hydrogen-bond acceptors (Lipinski definition) is 1. The van der Waals surface area contributed by atoms with Gasteiger partial charge in [-0.1, -0.05) is 34.1 Å². The fourth-order valence-electron chi connectivity index (χ4n) is 0.666. The molecule has 0 heterocycles. The zero-order valence-electron chi connectivity index (χ0n) is 8.10. The molecular formula is C10H21O. The molecule has 0 aliphatic heterocycles. The molecule has 0 fully saturated rings. The molecule has 0 aliphatic rings. The summed E-state index contributed by atoms with van der Waals surface area (Å²) in [4.78, 5) is 0. The molecule has 1 nitrogen and oxygen atoms in total. The minimum absolute atomic E-state index is 0.680. The Morgan fingerprint density at radius 2 is 1.91 bits per heavy atom. The van der Waals surface area contributed by atoms with Gasteiger partial charge < -0.3 is 4.74 Å². The third-order valence-electron chi connectivity index (χ3n) is 2.06. The van der Waals surface area contributed by atoms with Crippen molar-refractivity contribution in [1.29, 1.82) is 0 Å². The second-order valence-electron chi connectivity index (χ2n) is 3.50. The molecule has 0 bridgehead atoms. The third-order valence-corrected chi connectivity index (χ3v) is 2.06. The lowest BCUT2D eigenvalue weighted by molar-refractivity contribution is 0.0885. The summed E-state index contributed by atoms with van der Waals surface area (Å²) >= 11 is 0. The van der Waals surface area contributed by atoms with E-state index in [0.717, 1.165) is 32.0 Å². The molecule has 1 unspecified atom stereocenters. The van der Waals surface area contributed by atoms with E-state index in [1.54, 1.807) is 0 Å². The van der Waals surface area contributed by atoms with Crippen LogP contribution in [-0.4, -0.2) is 13.2 Å². The monoisotopic (exact) mass is 157 g/mol. The van der Waals surface area contributed by atoms with Crippen LogP contribution in [0.25, 0.3) is 0 Å². The van der Waals surface area contributed by atoms with Gasteiger partial charge in [0.25, 0.3) is 0 Å². The van der Waals surface area contributed by atoms with Crippen molar-refractivity contribution in [2.45, 2.75) is 33.6 Å². The summed E-state index contributed by atoms with van der Waals surface area (Å²) in [6.07, 6.45) is 2.07. The average Bonchev–Trinajstić information content (AvgIpc) is 1.97. The maximum Gasteiger partial charge on any atom is 0.0494 e. The van der Waals surface area contributed by atoms with Crippen molar-refractivity contribution in [3.63, 3.8) is 0 Å². The lowest BCUT2D eigenvalue weighted by atomic mass is 9.99. The number of unbranched alkanes of at least 4 members (excludes halogenated alkanes) is 1. The molecule has 0 N–H and O–H groups in total. The van der Waals surface area contributed by atoms with E-state index in [-0.39, 0.29) is 0 Å². The Morgan fingerprint density at radius 3 is 2.36 bits per heavy atom. The minimum atomic E-state index is 0.680. The molecule has 0 saturated carbocycles. The number of ether oxygens (including phenoxy) is 1. The molecule has 1 radical (unpaired) electrons. The first kappa shape index (κ1) is 11.0. The molecule has 0 rings (SSSR count). The highest BCUT2D eigenvalue weighted by atomic mass is 16.5. The highest BCUT2D eigenvalue weighted by Crippen LogP contribution is 2.09. The van der Waals surface area contributed by atoms with Gasteiger partial charge in [0, 0.05) is 13.2 Å². The molecule has 1 heteroatoms. The van der Waals surface area contributed by atoms with Crippen molar-refractivity contribution in [2.75, 3.05) is 13.2 Å². The van der Waals surface area contributed by atoms with Crippen LogP contribution in [0.5, 0.6) is 0 Å². The average molecular weight is 157 g/mol. The molecule has 67 valence electrons. The fourth-order valence-corrected chi connectivity index (χ4v) is 0.666. The molecule has 0 spiro atoms. The van der Waals surface area contributed by atoms with Crippen LogP contribution in [0.1, 0.15) is 33.6 Å². The highest BCUT2D eigenvalue weighted by molar-refractivity contribution is 4.54. The first-order valence-corrected chi connectivity index (χ1v) is 4.55. The first-order chi connectivity index (χ1) is 5.18. The first-order valence-electron chi connectivity index (χ1n) is 4.55. The molecule has 0 saturated heterocycles. The second kappa shape index (κ2) is 6.66. The normalized spacial score (nSPS) is 13.9. The molecule has 0 amide bonds. The summed E-state index contributed by atoms with van der Waals surface area (Å²) in [5.74, 6) is 1.41. The summed E-state index contributed by atoms with van der Waals surface area (Å²) in [5.41, 5.74) is 0. The van der Waals surface area contributed by atoms with Gasteiger partial charge in [-0.15, -0.1) is 0 Å². The van der Waals surface area contributed by atoms with Crippen molar-refractivity contribution >= 4 is 0 Å². The van der Waals surface area contributed by atoms with Crippen LogP contribution < -0.4 is 0 Å². The van der Waals surface area contributed by atoms with Gasteiger partial charge in [0.05, 0.1) is 0 Å². The van der Waals surface area contributed by atoms with E-state index in [1.165, 1.54) is 0 Å². The Balaban J connectivity index is 3.10. The van der Waals surface area contributed by atoms with Gasteiger partial charge in [-0.25, -0.2) is 0 Å². The van der Waals surface area contributed by atoms with Crippen molar-refractivity contribution in [3.05, 3.63) is 6.92 Å². The highest BCUT2D eigenvalue weighted by Gasteiger charge is 2.05. The van der Waals surface area contributed by atoms with Crippen LogP contribution >= 0.6 is 0 Å². The molecule has 1 atom stereocenters. The van der Waals surface area contributed by atoms with E-state index in [4.69, 9.17) is 4.74 Å². The zero-order valence-corrected chi connectivity index (χ0v) is 8.10. The predicted octanol–water partition coefficient (Wildman–Crippen LogP) is 2.91. The van der Waals surface area contributed by atoms with Crippen LogP contribution in [0, 0.1) is 18.8 Å². The third kappa shape index (κ3) is 6.36.